The Morgan fingerprint density at radius 3 is 2.67 bits per heavy atom. The molecule has 2 heterocycles. The number of carbonyl (C=O) groups excluding carboxylic acids is 3. The summed E-state index contributed by atoms with van der Waals surface area (Å²) in [4.78, 5) is 42.4. The van der Waals surface area contributed by atoms with Crippen LogP contribution in [0.1, 0.15) is 23.2 Å². The average Bonchev–Trinajstić information content (AvgIpc) is 3.30. The van der Waals surface area contributed by atoms with E-state index in [-0.39, 0.29) is 17.6 Å². The van der Waals surface area contributed by atoms with Crippen LogP contribution in [0.3, 0.4) is 0 Å². The number of rotatable bonds is 5. The number of thiazole rings is 1. The first-order valence-electron chi connectivity index (χ1n) is 8.60. The molecular weight excluding hydrogens is 386 g/mol. The fourth-order valence-electron chi connectivity index (χ4n) is 2.91. The monoisotopic (exact) mass is 407 g/mol. The molecule has 1 saturated heterocycles. The summed E-state index contributed by atoms with van der Waals surface area (Å²) >= 11 is 2.64. The van der Waals surface area contributed by atoms with E-state index in [0.717, 1.165) is 36.1 Å². The van der Waals surface area contributed by atoms with Gasteiger partial charge in [0.15, 0.2) is 4.80 Å². The lowest BCUT2D eigenvalue weighted by atomic mass is 10.2. The Hall–Kier alpha value is -2.13. The number of nitrogens with zero attached hydrogens (tertiary/aromatic N) is 3. The molecule has 144 valence electrons. The number of hydrogen-bond acceptors (Lipinski definition) is 6. The number of esters is 1. The Morgan fingerprint density at radius 1 is 1.22 bits per heavy atom. The summed E-state index contributed by atoms with van der Waals surface area (Å²) in [5, 5.41) is 0. The minimum absolute atomic E-state index is 0.0908. The second kappa shape index (κ2) is 8.71. The van der Waals surface area contributed by atoms with Crippen LogP contribution in [0.4, 0.5) is 0 Å². The Morgan fingerprint density at radius 2 is 1.96 bits per heavy atom. The minimum Gasteiger partial charge on any atom is -0.465 e. The first kappa shape index (κ1) is 19.6. The SMILES string of the molecule is COC(=O)c1ccc2c(c1)sc(=NC(=O)CSCC(=O)N1CCCC1)n2C. The van der Waals surface area contributed by atoms with Gasteiger partial charge in [-0.3, -0.25) is 9.59 Å². The van der Waals surface area contributed by atoms with Gasteiger partial charge in [-0.25, -0.2) is 4.79 Å². The van der Waals surface area contributed by atoms with Crippen molar-refractivity contribution in [3.63, 3.8) is 0 Å². The summed E-state index contributed by atoms with van der Waals surface area (Å²) in [6, 6.07) is 5.23. The van der Waals surface area contributed by atoms with Gasteiger partial charge in [-0.15, -0.1) is 11.8 Å². The number of aryl methyl sites for hydroxylation is 1. The van der Waals surface area contributed by atoms with Crippen molar-refractivity contribution in [3.05, 3.63) is 28.6 Å². The van der Waals surface area contributed by atoms with Gasteiger partial charge in [0.25, 0.3) is 5.91 Å². The molecule has 9 heteroatoms. The summed E-state index contributed by atoms with van der Waals surface area (Å²) in [7, 11) is 3.17. The highest BCUT2D eigenvalue weighted by Gasteiger charge is 2.18. The summed E-state index contributed by atoms with van der Waals surface area (Å²) in [6.45, 7) is 1.64. The average molecular weight is 408 g/mol. The lowest BCUT2D eigenvalue weighted by Crippen LogP contribution is -2.29. The lowest BCUT2D eigenvalue weighted by molar-refractivity contribution is -0.127. The first-order valence-corrected chi connectivity index (χ1v) is 10.6. The van der Waals surface area contributed by atoms with E-state index >= 15 is 0 Å². The summed E-state index contributed by atoms with van der Waals surface area (Å²) in [6.07, 6.45) is 2.12. The van der Waals surface area contributed by atoms with Crippen LogP contribution in [0.15, 0.2) is 23.2 Å². The smallest absolute Gasteiger partial charge is 0.337 e. The van der Waals surface area contributed by atoms with Gasteiger partial charge in [-0.05, 0) is 31.0 Å². The topological polar surface area (TPSA) is 81.0 Å². The number of methoxy groups -OCH3 is 1. The first-order chi connectivity index (χ1) is 13.0. The molecule has 0 radical (unpaired) electrons. The molecule has 0 unspecified atom stereocenters. The minimum atomic E-state index is -0.401. The van der Waals surface area contributed by atoms with Gasteiger partial charge in [0.1, 0.15) is 0 Å². The highest BCUT2D eigenvalue weighted by molar-refractivity contribution is 8.00. The Balaban J connectivity index is 1.67. The molecule has 27 heavy (non-hydrogen) atoms. The third-order valence-corrected chi connectivity index (χ3v) is 6.36. The molecule has 2 aromatic rings. The number of carbonyl (C=O) groups is 3. The highest BCUT2D eigenvalue weighted by atomic mass is 32.2. The van der Waals surface area contributed by atoms with Gasteiger partial charge < -0.3 is 14.2 Å². The second-order valence-corrected chi connectivity index (χ2v) is 8.20. The van der Waals surface area contributed by atoms with Crippen LogP contribution in [0, 0.1) is 0 Å². The van der Waals surface area contributed by atoms with Crippen LogP contribution in [-0.2, 0) is 21.4 Å². The van der Waals surface area contributed by atoms with E-state index in [4.69, 9.17) is 4.74 Å². The molecule has 7 nitrogen and oxygen atoms in total. The molecule has 1 aromatic carbocycles. The molecule has 1 aromatic heterocycles. The molecule has 0 spiro atoms. The van der Waals surface area contributed by atoms with Crippen molar-refractivity contribution in [2.24, 2.45) is 12.0 Å². The third-order valence-electron chi connectivity index (χ3n) is 4.36. The molecule has 1 aliphatic heterocycles. The quantitative estimate of drug-likeness (QED) is 0.706. The van der Waals surface area contributed by atoms with E-state index in [9.17, 15) is 14.4 Å². The highest BCUT2D eigenvalue weighted by Crippen LogP contribution is 2.19. The zero-order valence-electron chi connectivity index (χ0n) is 15.3. The third kappa shape index (κ3) is 4.59. The van der Waals surface area contributed by atoms with Crippen LogP contribution >= 0.6 is 23.1 Å². The van der Waals surface area contributed by atoms with E-state index in [1.807, 2.05) is 22.6 Å². The van der Waals surface area contributed by atoms with E-state index in [2.05, 4.69) is 4.99 Å². The molecule has 0 bridgehead atoms. The van der Waals surface area contributed by atoms with Gasteiger partial charge in [0.05, 0.1) is 34.4 Å². The van der Waals surface area contributed by atoms with Crippen LogP contribution in [0.25, 0.3) is 10.2 Å². The Labute approximate surface area is 165 Å². The maximum atomic E-state index is 12.2. The fourth-order valence-corrected chi connectivity index (χ4v) is 4.68. The van der Waals surface area contributed by atoms with E-state index in [1.165, 1.54) is 30.2 Å². The normalized spacial score (nSPS) is 14.7. The Kier molecular flexibility index (Phi) is 6.33. The number of ether oxygens (including phenoxy) is 1. The van der Waals surface area contributed by atoms with Crippen molar-refractivity contribution in [2.75, 3.05) is 31.7 Å². The van der Waals surface area contributed by atoms with Gasteiger partial charge in [0.2, 0.25) is 5.91 Å². The van der Waals surface area contributed by atoms with Gasteiger partial charge >= 0.3 is 5.97 Å². The molecule has 0 N–H and O–H groups in total. The van der Waals surface area contributed by atoms with Crippen molar-refractivity contribution in [1.29, 1.82) is 0 Å². The van der Waals surface area contributed by atoms with Crippen molar-refractivity contribution < 1.29 is 19.1 Å². The number of aromatic nitrogens is 1. The zero-order chi connectivity index (χ0) is 19.4. The molecule has 1 fully saturated rings. The second-order valence-electron chi connectivity index (χ2n) is 6.20. The number of thioether (sulfide) groups is 1. The maximum Gasteiger partial charge on any atom is 0.337 e. The van der Waals surface area contributed by atoms with Crippen molar-refractivity contribution >= 4 is 51.1 Å². The molecule has 0 atom stereocenters. The van der Waals surface area contributed by atoms with Crippen molar-refractivity contribution in [1.82, 2.24) is 9.47 Å². The molecular formula is C18H21N3O4S2. The standard InChI is InChI=1S/C18H21N3O4S2/c1-20-13-6-5-12(17(24)25-2)9-14(13)27-18(20)19-15(22)10-26-11-16(23)21-7-3-4-8-21/h5-6,9H,3-4,7-8,10-11H2,1-2H3. The predicted octanol–water partition coefficient (Wildman–Crippen LogP) is 1.81. The molecule has 2 amide bonds. The molecule has 0 aliphatic carbocycles. The van der Waals surface area contributed by atoms with Gasteiger partial charge in [-0.1, -0.05) is 11.3 Å². The summed E-state index contributed by atoms with van der Waals surface area (Å²) < 4.78 is 7.40. The molecule has 1 aliphatic rings. The number of fused-ring (bicyclic) bond motifs is 1. The molecule has 3 rings (SSSR count). The van der Waals surface area contributed by atoms with Crippen LogP contribution in [-0.4, -0.2) is 59.0 Å². The fraction of sp³-hybridized carbons (Fsp3) is 0.444. The van der Waals surface area contributed by atoms with Crippen molar-refractivity contribution in [3.8, 4) is 0 Å². The van der Waals surface area contributed by atoms with Crippen LogP contribution in [0.2, 0.25) is 0 Å². The number of hydrogen-bond donors (Lipinski definition) is 0. The van der Waals surface area contributed by atoms with Crippen LogP contribution < -0.4 is 4.80 Å². The number of benzene rings is 1. The molecule has 0 saturated carbocycles. The summed E-state index contributed by atoms with van der Waals surface area (Å²) in [5.74, 6) is -0.108. The zero-order valence-corrected chi connectivity index (χ0v) is 16.9. The summed E-state index contributed by atoms with van der Waals surface area (Å²) in [5.41, 5.74) is 1.34. The van der Waals surface area contributed by atoms with Gasteiger partial charge in [-0.2, -0.15) is 4.99 Å². The largest absolute Gasteiger partial charge is 0.465 e. The van der Waals surface area contributed by atoms with E-state index < -0.39 is 5.97 Å². The van der Waals surface area contributed by atoms with E-state index in [1.54, 1.807) is 12.1 Å². The maximum absolute atomic E-state index is 12.2. The number of likely N-dealkylation sites (tertiary alicyclic amines) is 1. The predicted molar refractivity (Wildman–Crippen MR) is 106 cm³/mol. The van der Waals surface area contributed by atoms with Crippen molar-refractivity contribution in [2.45, 2.75) is 12.8 Å². The van der Waals surface area contributed by atoms with E-state index in [0.29, 0.717) is 16.1 Å². The lowest BCUT2D eigenvalue weighted by Gasteiger charge is -2.14. The number of amides is 2. The Bertz CT molecular complexity index is 942. The van der Waals surface area contributed by atoms with Gasteiger partial charge in [0, 0.05) is 20.1 Å². The van der Waals surface area contributed by atoms with Crippen LogP contribution in [0.5, 0.6) is 0 Å².